The Bertz CT molecular complexity index is 791. The maximum absolute atomic E-state index is 10.8. The summed E-state index contributed by atoms with van der Waals surface area (Å²) in [6.45, 7) is 6.42. The number of aliphatic hydroxyl groups is 2. The van der Waals surface area contributed by atoms with Crippen LogP contribution in [0.5, 0.6) is 0 Å². The second-order valence-corrected chi connectivity index (χ2v) is 8.95. The van der Waals surface area contributed by atoms with Gasteiger partial charge < -0.3 is 15.5 Å². The largest absolute Gasteiger partial charge is 0.394 e. The highest BCUT2D eigenvalue weighted by Crippen LogP contribution is 2.34. The highest BCUT2D eigenvalue weighted by Gasteiger charge is 2.33. The van der Waals surface area contributed by atoms with Gasteiger partial charge in [0.15, 0.2) is 5.71 Å². The maximum Gasteiger partial charge on any atom is 0.269 e. The van der Waals surface area contributed by atoms with E-state index in [0.717, 1.165) is 31.6 Å². The first kappa shape index (κ1) is 21.5. The number of nitrogens with one attached hydrogen (secondary N) is 1. The molecule has 1 aliphatic heterocycles. The van der Waals surface area contributed by atoms with Crippen LogP contribution in [0, 0.1) is 15.5 Å². The van der Waals surface area contributed by atoms with Crippen molar-refractivity contribution in [3.05, 3.63) is 51.7 Å². The van der Waals surface area contributed by atoms with E-state index in [1.807, 2.05) is 0 Å². The Morgan fingerprint density at radius 2 is 1.83 bits per heavy atom. The van der Waals surface area contributed by atoms with Crippen LogP contribution >= 0.6 is 0 Å². The Balaban J connectivity index is 1.79. The van der Waals surface area contributed by atoms with Crippen molar-refractivity contribution in [2.24, 2.45) is 5.41 Å². The van der Waals surface area contributed by atoms with Crippen molar-refractivity contribution in [2.75, 3.05) is 19.7 Å². The van der Waals surface area contributed by atoms with Crippen molar-refractivity contribution < 1.29 is 19.7 Å². The summed E-state index contributed by atoms with van der Waals surface area (Å²) >= 11 is 0. The Kier molecular flexibility index (Phi) is 6.70. The number of aliphatic hydroxyl groups excluding tert-OH is 2. The van der Waals surface area contributed by atoms with Gasteiger partial charge in [0, 0.05) is 43.2 Å². The molecule has 0 bridgehead atoms. The summed E-state index contributed by atoms with van der Waals surface area (Å²) in [5.41, 5.74) is 2.96. The molecule has 7 heteroatoms. The van der Waals surface area contributed by atoms with Gasteiger partial charge in [-0.05, 0) is 36.0 Å². The number of hydrogen-bond acceptors (Lipinski definition) is 5. The van der Waals surface area contributed by atoms with Gasteiger partial charge in [-0.15, -0.1) is 0 Å². The molecule has 3 N–H and O–H groups in total. The van der Waals surface area contributed by atoms with Crippen LogP contribution in [0.3, 0.4) is 0 Å². The first-order valence-corrected chi connectivity index (χ1v) is 10.4. The Hall–Kier alpha value is -2.25. The van der Waals surface area contributed by atoms with Gasteiger partial charge in [0.1, 0.15) is 19.2 Å². The topological polar surface area (TPSA) is 98.6 Å². The number of hydrogen-bond donors (Lipinski definition) is 3. The summed E-state index contributed by atoms with van der Waals surface area (Å²) in [6, 6.07) is 5.24. The van der Waals surface area contributed by atoms with Gasteiger partial charge in [0.05, 0.1) is 17.6 Å². The average Bonchev–Trinajstić information content (AvgIpc) is 2.71. The summed E-state index contributed by atoms with van der Waals surface area (Å²) in [7, 11) is 0. The second kappa shape index (κ2) is 9.05. The standard InChI is InChI=1S/C22H31N3O4/c1-22(2)13-17(12-19(14-22)24-10-4-3-5-11-24)23-20(15-26)21(27)16-6-8-18(9-7-16)25(28)29/h6-9,12,20-21,26-27H,3-5,10-11,13-15H2,1-2H3/p+1/t20-,21-/m0/s1. The van der Waals surface area contributed by atoms with Gasteiger partial charge >= 0.3 is 0 Å². The zero-order valence-corrected chi connectivity index (χ0v) is 17.3. The second-order valence-electron chi connectivity index (χ2n) is 8.95. The Morgan fingerprint density at radius 1 is 1.17 bits per heavy atom. The van der Waals surface area contributed by atoms with E-state index in [1.54, 1.807) is 0 Å². The van der Waals surface area contributed by atoms with Crippen molar-refractivity contribution in [3.8, 4) is 0 Å². The Morgan fingerprint density at radius 3 is 2.41 bits per heavy atom. The third-order valence-corrected chi connectivity index (χ3v) is 5.83. The summed E-state index contributed by atoms with van der Waals surface area (Å²) in [6.07, 6.45) is 6.81. The molecule has 0 radical (unpaired) electrons. The highest BCUT2D eigenvalue weighted by atomic mass is 16.6. The van der Waals surface area contributed by atoms with E-state index in [2.05, 4.69) is 29.8 Å². The van der Waals surface area contributed by atoms with Crippen LogP contribution in [0.15, 0.2) is 36.0 Å². The van der Waals surface area contributed by atoms with Gasteiger partial charge in [-0.1, -0.05) is 13.8 Å². The van der Waals surface area contributed by atoms with Crippen LogP contribution < -0.4 is 5.32 Å². The van der Waals surface area contributed by atoms with Gasteiger partial charge in [0.2, 0.25) is 0 Å². The van der Waals surface area contributed by atoms with Gasteiger partial charge in [-0.25, -0.2) is 4.58 Å². The summed E-state index contributed by atoms with van der Waals surface area (Å²) in [4.78, 5) is 10.4. The van der Waals surface area contributed by atoms with E-state index in [-0.39, 0.29) is 17.7 Å². The van der Waals surface area contributed by atoms with Crippen LogP contribution in [0.25, 0.3) is 0 Å². The molecule has 0 amide bonds. The monoisotopic (exact) mass is 402 g/mol. The van der Waals surface area contributed by atoms with Crippen molar-refractivity contribution in [1.29, 1.82) is 0 Å². The fourth-order valence-electron chi connectivity index (χ4n) is 4.34. The lowest BCUT2D eigenvalue weighted by Gasteiger charge is -2.33. The van der Waals surface area contributed by atoms with Gasteiger partial charge in [-0.3, -0.25) is 10.1 Å². The molecular weight excluding hydrogens is 370 g/mol. The minimum Gasteiger partial charge on any atom is -0.394 e. The molecule has 0 spiro atoms. The molecule has 0 saturated carbocycles. The number of non-ortho nitro benzene ring substituents is 1. The quantitative estimate of drug-likeness (QED) is 0.386. The predicted octanol–water partition coefficient (Wildman–Crippen LogP) is 2.92. The van der Waals surface area contributed by atoms with Gasteiger partial charge in [-0.2, -0.15) is 0 Å². The zero-order chi connectivity index (χ0) is 21.0. The molecule has 7 nitrogen and oxygen atoms in total. The average molecular weight is 403 g/mol. The van der Waals surface area contributed by atoms with Crippen molar-refractivity contribution in [3.63, 3.8) is 0 Å². The number of allylic oxidation sites excluding steroid dienone is 2. The number of nitro groups is 1. The molecule has 1 saturated heterocycles. The fraction of sp³-hybridized carbons (Fsp3) is 0.591. The molecule has 0 aromatic heterocycles. The minimum atomic E-state index is -0.967. The van der Waals surface area contributed by atoms with Crippen molar-refractivity contribution >= 4 is 11.4 Å². The molecule has 3 rings (SSSR count). The van der Waals surface area contributed by atoms with E-state index in [0.29, 0.717) is 5.56 Å². The number of nitro benzene ring substituents is 1. The van der Waals surface area contributed by atoms with E-state index < -0.39 is 17.1 Å². The lowest BCUT2D eigenvalue weighted by Crippen LogP contribution is -2.41. The van der Waals surface area contributed by atoms with Gasteiger partial charge in [0.25, 0.3) is 5.69 Å². The number of nitrogens with zero attached hydrogens (tertiary/aromatic N) is 2. The number of piperidine rings is 1. The Labute approximate surface area is 171 Å². The van der Waals surface area contributed by atoms with Crippen LogP contribution in [0.4, 0.5) is 5.69 Å². The molecule has 0 unspecified atom stereocenters. The third kappa shape index (κ3) is 5.42. The zero-order valence-electron chi connectivity index (χ0n) is 17.3. The normalized spacial score (nSPS) is 21.3. The molecule has 1 aromatic carbocycles. The van der Waals surface area contributed by atoms with E-state index in [9.17, 15) is 20.3 Å². The molecule has 2 atom stereocenters. The first-order chi connectivity index (χ1) is 13.8. The lowest BCUT2D eigenvalue weighted by atomic mass is 9.78. The molecule has 1 heterocycles. The number of rotatable bonds is 6. The third-order valence-electron chi connectivity index (χ3n) is 5.83. The maximum atomic E-state index is 10.8. The lowest BCUT2D eigenvalue weighted by molar-refractivity contribution is -0.538. The number of benzene rings is 1. The van der Waals surface area contributed by atoms with E-state index in [1.165, 1.54) is 49.2 Å². The molecule has 1 aliphatic carbocycles. The molecule has 158 valence electrons. The van der Waals surface area contributed by atoms with E-state index >= 15 is 0 Å². The predicted molar refractivity (Wildman–Crippen MR) is 112 cm³/mol. The SMILES string of the molecule is CC1(C)CC(N[C@@H](CO)[C@@H](O)c2ccc([N+](=O)[O-])cc2)=CC(=[N+]2CCCCC2)C1. The van der Waals surface area contributed by atoms with Crippen molar-refractivity contribution in [2.45, 2.75) is 58.1 Å². The van der Waals surface area contributed by atoms with Crippen LogP contribution in [-0.2, 0) is 0 Å². The molecule has 1 aromatic rings. The molecule has 1 fully saturated rings. The highest BCUT2D eigenvalue weighted by molar-refractivity contribution is 5.92. The summed E-state index contributed by atoms with van der Waals surface area (Å²) in [5, 5.41) is 34.8. The van der Waals surface area contributed by atoms with Crippen LogP contribution in [-0.4, -0.2) is 51.2 Å². The smallest absolute Gasteiger partial charge is 0.269 e. The van der Waals surface area contributed by atoms with Crippen molar-refractivity contribution in [1.82, 2.24) is 5.32 Å². The minimum absolute atomic E-state index is 0.0213. The summed E-state index contributed by atoms with van der Waals surface area (Å²) < 4.78 is 2.47. The molecule has 2 aliphatic rings. The molecule has 29 heavy (non-hydrogen) atoms. The van der Waals surface area contributed by atoms with Crippen LogP contribution in [0.1, 0.15) is 57.6 Å². The fourth-order valence-corrected chi connectivity index (χ4v) is 4.34. The first-order valence-electron chi connectivity index (χ1n) is 10.4. The summed E-state index contributed by atoms with van der Waals surface area (Å²) in [5.74, 6) is 0. The van der Waals surface area contributed by atoms with E-state index in [4.69, 9.17) is 0 Å². The molecular formula is C22H32N3O4+. The van der Waals surface area contributed by atoms with Crippen LogP contribution in [0.2, 0.25) is 0 Å².